The zero-order valence-electron chi connectivity index (χ0n) is 29.7. The highest BCUT2D eigenvalue weighted by Crippen LogP contribution is 2.09. The summed E-state index contributed by atoms with van der Waals surface area (Å²) in [4.78, 5) is 0. The molecule has 0 saturated carbocycles. The molecular weight excluding hydrogens is 544 g/mol. The highest BCUT2D eigenvalue weighted by atomic mass is 16.5. The molecule has 0 bridgehead atoms. The molecule has 0 amide bonds. The fourth-order valence-corrected chi connectivity index (χ4v) is 3.75. The van der Waals surface area contributed by atoms with Crippen LogP contribution in [0.1, 0.15) is 78.1 Å². The molecule has 0 unspecified atom stereocenters. The van der Waals surface area contributed by atoms with Crippen LogP contribution < -0.4 is 0 Å². The lowest BCUT2D eigenvalue weighted by Gasteiger charge is -2.14. The van der Waals surface area contributed by atoms with E-state index in [9.17, 15) is 0 Å². The van der Waals surface area contributed by atoms with Crippen molar-refractivity contribution in [1.82, 2.24) is 0 Å². The molecule has 0 fully saturated rings. The van der Waals surface area contributed by atoms with Gasteiger partial charge in [-0.05, 0) is 51.4 Å². The molecule has 0 aliphatic rings. The summed E-state index contributed by atoms with van der Waals surface area (Å²) in [5.41, 5.74) is 0. The van der Waals surface area contributed by atoms with Crippen molar-refractivity contribution >= 4 is 0 Å². The lowest BCUT2D eigenvalue weighted by molar-refractivity contribution is -0.0178. The Bertz CT molecular complexity index is 386. The van der Waals surface area contributed by atoms with E-state index in [0.29, 0.717) is 25.4 Å². The first kappa shape index (κ1) is 48.5. The van der Waals surface area contributed by atoms with Gasteiger partial charge in [0.25, 0.3) is 0 Å². The minimum Gasteiger partial charge on any atom is -0.385 e. The fraction of sp³-hybridized carbons (Fsp3) is 1.00. The molecule has 10 heteroatoms. The van der Waals surface area contributed by atoms with Crippen LogP contribution >= 0.6 is 0 Å². The van der Waals surface area contributed by atoms with Crippen LogP contribution in [0.3, 0.4) is 0 Å². The van der Waals surface area contributed by atoms with Gasteiger partial charge in [0.1, 0.15) is 6.10 Å². The molecule has 0 N–H and O–H groups in total. The molecule has 0 saturated heterocycles. The molecule has 0 atom stereocenters. The number of rotatable bonds is 26. The Morgan fingerprint density at radius 3 is 0.905 bits per heavy atom. The summed E-state index contributed by atoms with van der Waals surface area (Å²) < 4.78 is 50.3. The topological polar surface area (TPSA) is 92.3 Å². The maximum absolute atomic E-state index is 5.33. The normalized spacial score (nSPS) is 10.9. The van der Waals surface area contributed by atoms with Gasteiger partial charge in [-0.1, -0.05) is 26.7 Å². The van der Waals surface area contributed by atoms with Crippen LogP contribution in [0.5, 0.6) is 0 Å². The SMILES string of the molecule is CCCC(CCC)OC.COCC(COC)OC.COCCC(CCOC)OC.COCCCC(CCCOC)OC. The maximum atomic E-state index is 5.33. The quantitative estimate of drug-likeness (QED) is 0.111. The predicted octanol–water partition coefficient (Wildman–Crippen LogP) is 5.82. The second kappa shape index (κ2) is 45.0. The molecule has 0 rings (SSSR count). The van der Waals surface area contributed by atoms with Gasteiger partial charge in [-0.3, -0.25) is 0 Å². The van der Waals surface area contributed by atoms with Gasteiger partial charge in [0, 0.05) is 97.5 Å². The van der Waals surface area contributed by atoms with Crippen molar-refractivity contribution in [2.24, 2.45) is 0 Å². The summed E-state index contributed by atoms with van der Waals surface area (Å²) in [5, 5.41) is 0. The molecule has 0 aromatic carbocycles. The van der Waals surface area contributed by atoms with E-state index in [1.165, 1.54) is 25.7 Å². The Morgan fingerprint density at radius 2 is 0.643 bits per heavy atom. The minimum absolute atomic E-state index is 0.0694. The van der Waals surface area contributed by atoms with Gasteiger partial charge in [0.2, 0.25) is 0 Å². The van der Waals surface area contributed by atoms with Gasteiger partial charge in [-0.15, -0.1) is 0 Å². The van der Waals surface area contributed by atoms with Gasteiger partial charge in [0.15, 0.2) is 0 Å². The molecule has 0 aromatic heterocycles. The molecule has 0 aromatic rings. The van der Waals surface area contributed by atoms with E-state index < -0.39 is 0 Å². The average Bonchev–Trinajstić information content (AvgIpc) is 3.01. The van der Waals surface area contributed by atoms with E-state index in [0.717, 1.165) is 65.0 Å². The monoisotopic (exact) mass is 617 g/mol. The molecule has 0 aliphatic heterocycles. The van der Waals surface area contributed by atoms with E-state index in [1.54, 1.807) is 71.1 Å². The van der Waals surface area contributed by atoms with Crippen LogP contribution in [-0.4, -0.2) is 135 Å². The third-order valence-electron chi connectivity index (χ3n) is 6.30. The standard InChI is InChI=1S/C10H22O3.C8H18O3.C8H18O.C6H14O3/c1-11-8-4-6-10(13-3)7-5-9-12-2;1-9-6-4-8(11-3)5-7-10-2;1-4-6-8(9-3)7-5-2;1-7-4-6(9-3)5-8-2/h10H,4-9H2,1-3H3;8H,4-7H2,1-3H3;8H,4-7H2,1-3H3;6H,4-5H2,1-3H3. The van der Waals surface area contributed by atoms with Crippen LogP contribution in [0.25, 0.3) is 0 Å². The third kappa shape index (κ3) is 41.7. The summed E-state index contributed by atoms with van der Waals surface area (Å²) in [6, 6.07) is 0. The minimum atomic E-state index is 0.0694. The van der Waals surface area contributed by atoms with Crippen molar-refractivity contribution in [3.05, 3.63) is 0 Å². The van der Waals surface area contributed by atoms with Crippen LogP contribution in [0.15, 0.2) is 0 Å². The molecule has 0 spiro atoms. The van der Waals surface area contributed by atoms with E-state index >= 15 is 0 Å². The van der Waals surface area contributed by atoms with Gasteiger partial charge in [-0.2, -0.15) is 0 Å². The van der Waals surface area contributed by atoms with E-state index in [2.05, 4.69) is 13.8 Å². The smallest absolute Gasteiger partial charge is 0.104 e. The lowest BCUT2D eigenvalue weighted by Crippen LogP contribution is -2.22. The predicted molar refractivity (Wildman–Crippen MR) is 172 cm³/mol. The molecular formula is C32H72O10. The van der Waals surface area contributed by atoms with E-state index in [4.69, 9.17) is 47.4 Å². The van der Waals surface area contributed by atoms with Gasteiger partial charge < -0.3 is 47.4 Å². The van der Waals surface area contributed by atoms with E-state index in [1.807, 2.05) is 0 Å². The first-order valence-corrected chi connectivity index (χ1v) is 15.4. The van der Waals surface area contributed by atoms with Crippen molar-refractivity contribution in [3.8, 4) is 0 Å². The van der Waals surface area contributed by atoms with Crippen molar-refractivity contribution in [2.45, 2.75) is 102 Å². The third-order valence-corrected chi connectivity index (χ3v) is 6.30. The Morgan fingerprint density at radius 1 is 0.333 bits per heavy atom. The van der Waals surface area contributed by atoms with Crippen molar-refractivity contribution in [1.29, 1.82) is 0 Å². The zero-order chi connectivity index (χ0) is 32.7. The molecule has 0 aliphatic carbocycles. The van der Waals surface area contributed by atoms with Crippen LogP contribution in [-0.2, 0) is 47.4 Å². The average molecular weight is 617 g/mol. The maximum Gasteiger partial charge on any atom is 0.104 e. The Labute approximate surface area is 260 Å². The fourth-order valence-electron chi connectivity index (χ4n) is 3.75. The summed E-state index contributed by atoms with van der Waals surface area (Å²) in [6.45, 7) is 8.72. The number of ether oxygens (including phenoxy) is 10. The second-order valence-corrected chi connectivity index (χ2v) is 9.75. The van der Waals surface area contributed by atoms with Crippen molar-refractivity contribution in [2.75, 3.05) is 111 Å². The van der Waals surface area contributed by atoms with Crippen molar-refractivity contribution in [3.63, 3.8) is 0 Å². The molecule has 260 valence electrons. The zero-order valence-corrected chi connectivity index (χ0v) is 29.7. The first-order chi connectivity index (χ1) is 20.4. The summed E-state index contributed by atoms with van der Waals surface area (Å²) in [5.74, 6) is 0. The van der Waals surface area contributed by atoms with Gasteiger partial charge in [-0.25, -0.2) is 0 Å². The van der Waals surface area contributed by atoms with E-state index in [-0.39, 0.29) is 12.2 Å². The Kier molecular flexibility index (Phi) is 52.0. The molecule has 0 heterocycles. The number of hydrogen-bond donors (Lipinski definition) is 0. The first-order valence-electron chi connectivity index (χ1n) is 15.4. The van der Waals surface area contributed by atoms with Crippen LogP contribution in [0.2, 0.25) is 0 Å². The summed E-state index contributed by atoms with van der Waals surface area (Å²) in [6.07, 6.45) is 12.3. The van der Waals surface area contributed by atoms with Crippen LogP contribution in [0.4, 0.5) is 0 Å². The highest BCUT2D eigenvalue weighted by Gasteiger charge is 2.07. The largest absolute Gasteiger partial charge is 0.385 e. The number of methoxy groups -OCH3 is 10. The molecule has 0 radical (unpaired) electrons. The highest BCUT2D eigenvalue weighted by molar-refractivity contribution is 4.58. The second-order valence-electron chi connectivity index (χ2n) is 9.75. The Balaban J connectivity index is -0.000000232. The molecule has 10 nitrogen and oxygen atoms in total. The Hall–Kier alpha value is -0.400. The van der Waals surface area contributed by atoms with Crippen molar-refractivity contribution < 1.29 is 47.4 Å². The summed E-state index contributed by atoms with van der Waals surface area (Å²) >= 11 is 0. The lowest BCUT2D eigenvalue weighted by atomic mass is 10.1. The van der Waals surface area contributed by atoms with Gasteiger partial charge in [0.05, 0.1) is 31.5 Å². The van der Waals surface area contributed by atoms with Gasteiger partial charge >= 0.3 is 0 Å². The van der Waals surface area contributed by atoms with Crippen LogP contribution in [0, 0.1) is 0 Å². The summed E-state index contributed by atoms with van der Waals surface area (Å²) in [7, 11) is 17.1. The molecule has 42 heavy (non-hydrogen) atoms. The number of hydrogen-bond acceptors (Lipinski definition) is 10.